The smallest absolute Gasteiger partial charge is 0.161 e. The fraction of sp³-hybridized carbons (Fsp3) is 0.200. The minimum atomic E-state index is 0.397. The van der Waals surface area contributed by atoms with Crippen molar-refractivity contribution in [1.29, 1.82) is 5.26 Å². The van der Waals surface area contributed by atoms with E-state index in [-0.39, 0.29) is 0 Å². The van der Waals surface area contributed by atoms with Crippen LogP contribution in [0.4, 0.5) is 11.4 Å². The van der Waals surface area contributed by atoms with Gasteiger partial charge in [0.1, 0.15) is 12.7 Å². The molecule has 4 rings (SSSR count). The van der Waals surface area contributed by atoms with Crippen LogP contribution in [0.2, 0.25) is 0 Å². The lowest BCUT2D eigenvalue weighted by atomic mass is 10.0. The first-order valence-electron chi connectivity index (χ1n) is 10.2. The standard InChI is InChI=1S/C25H24N4O3/c1-16-10-18-11-20(5-6-22(18)28-16)29-25-19(13-26)14-27-15-21(25)17-4-7-23(31-3)24(12-17)32-9-8-30-2/h4-7,10-12,14-15,28H,8-9H2,1-3H3,(H,27,29). The van der Waals surface area contributed by atoms with Crippen LogP contribution in [0.25, 0.3) is 22.0 Å². The maximum absolute atomic E-state index is 9.73. The Bertz CT molecular complexity index is 1290. The normalized spacial score (nSPS) is 10.7. The van der Waals surface area contributed by atoms with Gasteiger partial charge in [-0.1, -0.05) is 6.07 Å². The summed E-state index contributed by atoms with van der Waals surface area (Å²) in [5.74, 6) is 1.22. The minimum Gasteiger partial charge on any atom is -0.493 e. The lowest BCUT2D eigenvalue weighted by Crippen LogP contribution is -2.05. The molecule has 2 heterocycles. The minimum absolute atomic E-state index is 0.397. The first-order chi connectivity index (χ1) is 15.6. The Kier molecular flexibility index (Phi) is 6.24. The molecule has 0 aliphatic carbocycles. The molecule has 7 heteroatoms. The van der Waals surface area contributed by atoms with Gasteiger partial charge in [-0.2, -0.15) is 5.26 Å². The number of methoxy groups -OCH3 is 2. The summed E-state index contributed by atoms with van der Waals surface area (Å²) in [4.78, 5) is 7.60. The van der Waals surface area contributed by atoms with Gasteiger partial charge in [0, 0.05) is 47.4 Å². The van der Waals surface area contributed by atoms with Crippen LogP contribution < -0.4 is 14.8 Å². The highest BCUT2D eigenvalue weighted by atomic mass is 16.5. The average Bonchev–Trinajstić information content (AvgIpc) is 3.18. The zero-order valence-corrected chi connectivity index (χ0v) is 18.2. The van der Waals surface area contributed by atoms with Crippen molar-refractivity contribution >= 4 is 22.3 Å². The van der Waals surface area contributed by atoms with Gasteiger partial charge < -0.3 is 24.5 Å². The number of aromatic amines is 1. The van der Waals surface area contributed by atoms with Crippen molar-refractivity contribution in [3.05, 3.63) is 66.1 Å². The summed E-state index contributed by atoms with van der Waals surface area (Å²) in [7, 11) is 3.22. The lowest BCUT2D eigenvalue weighted by Gasteiger charge is -2.16. The van der Waals surface area contributed by atoms with E-state index in [0.29, 0.717) is 36.0 Å². The summed E-state index contributed by atoms with van der Waals surface area (Å²) >= 11 is 0. The van der Waals surface area contributed by atoms with Gasteiger partial charge in [-0.25, -0.2) is 0 Å². The number of anilines is 2. The molecular formula is C25H24N4O3. The van der Waals surface area contributed by atoms with E-state index < -0.39 is 0 Å². The van der Waals surface area contributed by atoms with E-state index in [4.69, 9.17) is 14.2 Å². The monoisotopic (exact) mass is 428 g/mol. The first kappa shape index (κ1) is 21.2. The molecule has 2 aromatic carbocycles. The number of fused-ring (bicyclic) bond motifs is 1. The van der Waals surface area contributed by atoms with Crippen molar-refractivity contribution in [2.45, 2.75) is 6.92 Å². The van der Waals surface area contributed by atoms with Crippen LogP contribution in [-0.4, -0.2) is 37.4 Å². The molecule has 0 aliphatic rings. The van der Waals surface area contributed by atoms with E-state index in [0.717, 1.165) is 33.4 Å². The van der Waals surface area contributed by atoms with Crippen molar-refractivity contribution in [2.24, 2.45) is 0 Å². The highest BCUT2D eigenvalue weighted by Crippen LogP contribution is 2.37. The predicted molar refractivity (Wildman–Crippen MR) is 125 cm³/mol. The van der Waals surface area contributed by atoms with Crippen LogP contribution >= 0.6 is 0 Å². The summed E-state index contributed by atoms with van der Waals surface area (Å²) in [5, 5.41) is 14.3. The molecule has 7 nitrogen and oxygen atoms in total. The van der Waals surface area contributed by atoms with Gasteiger partial charge in [0.15, 0.2) is 11.5 Å². The number of aryl methyl sites for hydroxylation is 1. The van der Waals surface area contributed by atoms with Crippen LogP contribution in [0.5, 0.6) is 11.5 Å². The molecule has 32 heavy (non-hydrogen) atoms. The summed E-state index contributed by atoms with van der Waals surface area (Å²) in [6.45, 7) is 2.89. The van der Waals surface area contributed by atoms with Crippen molar-refractivity contribution in [1.82, 2.24) is 9.97 Å². The number of nitrogens with one attached hydrogen (secondary N) is 2. The van der Waals surface area contributed by atoms with Gasteiger partial charge in [0.25, 0.3) is 0 Å². The summed E-state index contributed by atoms with van der Waals surface area (Å²) in [6, 6.07) is 16.0. The predicted octanol–water partition coefficient (Wildman–Crippen LogP) is 5.19. The van der Waals surface area contributed by atoms with Crippen molar-refractivity contribution in [2.75, 3.05) is 32.8 Å². The summed E-state index contributed by atoms with van der Waals surface area (Å²) < 4.78 is 16.3. The van der Waals surface area contributed by atoms with Gasteiger partial charge in [-0.05, 0) is 48.9 Å². The Hall–Kier alpha value is -4.02. The van der Waals surface area contributed by atoms with Crippen LogP contribution in [-0.2, 0) is 4.74 Å². The third-order valence-corrected chi connectivity index (χ3v) is 5.11. The molecule has 0 bridgehead atoms. The molecule has 0 spiro atoms. The fourth-order valence-corrected chi connectivity index (χ4v) is 3.59. The molecule has 2 N–H and O–H groups in total. The highest BCUT2D eigenvalue weighted by Gasteiger charge is 2.15. The third kappa shape index (κ3) is 4.36. The van der Waals surface area contributed by atoms with Gasteiger partial charge in [0.05, 0.1) is 25.0 Å². The number of hydrogen-bond donors (Lipinski definition) is 2. The molecule has 0 atom stereocenters. The number of nitrogens with zero attached hydrogens (tertiary/aromatic N) is 2. The second-order valence-corrected chi connectivity index (χ2v) is 7.31. The highest BCUT2D eigenvalue weighted by molar-refractivity contribution is 5.89. The zero-order chi connectivity index (χ0) is 22.5. The molecule has 0 saturated carbocycles. The third-order valence-electron chi connectivity index (χ3n) is 5.11. The Balaban J connectivity index is 1.75. The quantitative estimate of drug-likeness (QED) is 0.375. The number of benzene rings is 2. The number of pyridine rings is 1. The summed E-state index contributed by atoms with van der Waals surface area (Å²) in [6.07, 6.45) is 3.30. The number of aromatic nitrogens is 2. The fourth-order valence-electron chi connectivity index (χ4n) is 3.59. The zero-order valence-electron chi connectivity index (χ0n) is 18.2. The van der Waals surface area contributed by atoms with E-state index >= 15 is 0 Å². The van der Waals surface area contributed by atoms with Gasteiger partial charge in [-0.15, -0.1) is 0 Å². The van der Waals surface area contributed by atoms with E-state index in [9.17, 15) is 5.26 Å². The van der Waals surface area contributed by atoms with Gasteiger partial charge >= 0.3 is 0 Å². The molecule has 0 amide bonds. The number of H-pyrrole nitrogens is 1. The molecule has 162 valence electrons. The SMILES string of the molecule is COCCOc1cc(-c2cncc(C#N)c2Nc2ccc3[nH]c(C)cc3c2)ccc1OC. The Morgan fingerprint density at radius 2 is 1.91 bits per heavy atom. The largest absolute Gasteiger partial charge is 0.493 e. The number of ether oxygens (including phenoxy) is 3. The Morgan fingerprint density at radius 3 is 2.69 bits per heavy atom. The van der Waals surface area contributed by atoms with Gasteiger partial charge in [-0.3, -0.25) is 4.98 Å². The van der Waals surface area contributed by atoms with E-state index in [1.54, 1.807) is 26.6 Å². The average molecular weight is 428 g/mol. The lowest BCUT2D eigenvalue weighted by molar-refractivity contribution is 0.144. The number of nitriles is 1. The molecule has 0 unspecified atom stereocenters. The van der Waals surface area contributed by atoms with Gasteiger partial charge in [0.2, 0.25) is 0 Å². The second kappa shape index (κ2) is 9.41. The van der Waals surface area contributed by atoms with Crippen LogP contribution in [0.3, 0.4) is 0 Å². The Labute approximate surface area is 186 Å². The molecule has 0 aliphatic heterocycles. The van der Waals surface area contributed by atoms with Crippen LogP contribution in [0.1, 0.15) is 11.3 Å². The molecule has 0 radical (unpaired) electrons. The molecule has 2 aromatic heterocycles. The topological polar surface area (TPSA) is 92.2 Å². The molecule has 0 fully saturated rings. The van der Waals surface area contributed by atoms with Crippen molar-refractivity contribution < 1.29 is 14.2 Å². The van der Waals surface area contributed by atoms with Crippen LogP contribution in [0, 0.1) is 18.3 Å². The molecule has 0 saturated heterocycles. The maximum atomic E-state index is 9.73. The molecule has 4 aromatic rings. The molecular weight excluding hydrogens is 404 g/mol. The number of rotatable bonds is 8. The van der Waals surface area contributed by atoms with E-state index in [1.807, 2.05) is 37.3 Å². The maximum Gasteiger partial charge on any atom is 0.161 e. The van der Waals surface area contributed by atoms with E-state index in [1.165, 1.54) is 0 Å². The summed E-state index contributed by atoms with van der Waals surface area (Å²) in [5.41, 5.74) is 5.81. The van der Waals surface area contributed by atoms with Crippen LogP contribution in [0.15, 0.2) is 54.9 Å². The Morgan fingerprint density at radius 1 is 1.03 bits per heavy atom. The first-order valence-corrected chi connectivity index (χ1v) is 10.2. The second-order valence-electron chi connectivity index (χ2n) is 7.31. The van der Waals surface area contributed by atoms with E-state index in [2.05, 4.69) is 33.5 Å². The van der Waals surface area contributed by atoms with Crippen molar-refractivity contribution in [3.63, 3.8) is 0 Å². The van der Waals surface area contributed by atoms with Crippen molar-refractivity contribution in [3.8, 4) is 28.7 Å². The number of hydrogen-bond acceptors (Lipinski definition) is 6.